The lowest BCUT2D eigenvalue weighted by molar-refractivity contribution is 0.0658. The van der Waals surface area contributed by atoms with Crippen molar-refractivity contribution in [3.63, 3.8) is 0 Å². The molecule has 3 rings (SSSR count). The summed E-state index contributed by atoms with van der Waals surface area (Å²) in [6.07, 6.45) is 1.78. The minimum atomic E-state index is -3.91. The summed E-state index contributed by atoms with van der Waals surface area (Å²) in [6.45, 7) is 3.65. The molecule has 1 fully saturated rings. The summed E-state index contributed by atoms with van der Waals surface area (Å²) in [7, 11) is -0.0730. The molecule has 0 spiro atoms. The highest BCUT2D eigenvalue weighted by Gasteiger charge is 2.26. The van der Waals surface area contributed by atoms with Crippen molar-refractivity contribution in [2.75, 3.05) is 31.9 Å². The number of sulfonamides is 1. The molecule has 2 aromatic carbocycles. The van der Waals surface area contributed by atoms with E-state index in [1.165, 1.54) is 36.4 Å². The van der Waals surface area contributed by atoms with E-state index in [2.05, 4.69) is 16.7 Å². The van der Waals surface area contributed by atoms with E-state index in [-0.39, 0.29) is 22.5 Å². The van der Waals surface area contributed by atoms with Gasteiger partial charge in [0.2, 0.25) is 0 Å². The number of nitrogens with zero attached hydrogens (tertiary/aromatic N) is 2. The van der Waals surface area contributed by atoms with Crippen molar-refractivity contribution in [3.8, 4) is 0 Å². The highest BCUT2D eigenvalue weighted by atomic mass is 32.2. The molecule has 2 aromatic rings. The molecular formula is C21H26FN3O3S. The molecule has 29 heavy (non-hydrogen) atoms. The van der Waals surface area contributed by atoms with Gasteiger partial charge in [0.1, 0.15) is 5.82 Å². The van der Waals surface area contributed by atoms with E-state index < -0.39 is 15.8 Å². The summed E-state index contributed by atoms with van der Waals surface area (Å²) in [5, 5.41) is 0. The number of amides is 1. The molecule has 0 unspecified atom stereocenters. The number of nitrogens with one attached hydrogen (secondary N) is 1. The van der Waals surface area contributed by atoms with Crippen molar-refractivity contribution in [1.82, 2.24) is 9.80 Å². The number of hydrogen-bond acceptors (Lipinski definition) is 4. The highest BCUT2D eigenvalue weighted by Crippen LogP contribution is 2.23. The van der Waals surface area contributed by atoms with Crippen LogP contribution in [0.3, 0.4) is 0 Å². The van der Waals surface area contributed by atoms with Gasteiger partial charge in [-0.1, -0.05) is 6.07 Å². The molecule has 1 saturated heterocycles. The van der Waals surface area contributed by atoms with E-state index in [9.17, 15) is 17.6 Å². The molecule has 156 valence electrons. The van der Waals surface area contributed by atoms with E-state index in [0.717, 1.165) is 31.5 Å². The zero-order valence-corrected chi connectivity index (χ0v) is 17.7. The largest absolute Gasteiger partial charge is 0.339 e. The van der Waals surface area contributed by atoms with Gasteiger partial charge in [0.25, 0.3) is 15.9 Å². The van der Waals surface area contributed by atoms with Crippen LogP contribution in [0.15, 0.2) is 47.4 Å². The van der Waals surface area contributed by atoms with Gasteiger partial charge in [-0.05, 0) is 81.9 Å². The zero-order valence-electron chi connectivity index (χ0n) is 16.9. The fourth-order valence-corrected chi connectivity index (χ4v) is 4.55. The minimum absolute atomic E-state index is 0.00690. The number of anilines is 1. The Kier molecular flexibility index (Phi) is 6.24. The molecule has 8 heteroatoms. The highest BCUT2D eigenvalue weighted by molar-refractivity contribution is 7.92. The third kappa shape index (κ3) is 4.94. The van der Waals surface area contributed by atoms with Crippen molar-refractivity contribution in [1.29, 1.82) is 0 Å². The van der Waals surface area contributed by atoms with Crippen LogP contribution in [0, 0.1) is 12.7 Å². The van der Waals surface area contributed by atoms with Crippen molar-refractivity contribution >= 4 is 21.6 Å². The molecule has 0 bridgehead atoms. The number of benzene rings is 2. The molecule has 1 aliphatic rings. The Bertz CT molecular complexity index is 985. The molecule has 0 aromatic heterocycles. The first-order valence-electron chi connectivity index (χ1n) is 9.52. The second kappa shape index (κ2) is 8.51. The van der Waals surface area contributed by atoms with Crippen LogP contribution in [0.2, 0.25) is 0 Å². The standard InChI is InChI=1S/C21H26FN3O3S/c1-15-4-9-19(29(27,28)23-17-7-5-16(22)6-8-17)14-20(15)21(26)25(3)18-10-12-24(2)13-11-18/h4-9,14,18,23H,10-13H2,1-3H3. The second-order valence-electron chi connectivity index (χ2n) is 7.54. The summed E-state index contributed by atoms with van der Waals surface area (Å²) in [5.74, 6) is -0.635. The average molecular weight is 420 g/mol. The van der Waals surface area contributed by atoms with Gasteiger partial charge in [0.15, 0.2) is 0 Å². The Morgan fingerprint density at radius 3 is 2.38 bits per heavy atom. The smallest absolute Gasteiger partial charge is 0.261 e. The van der Waals surface area contributed by atoms with Crippen molar-refractivity contribution in [2.45, 2.75) is 30.7 Å². The van der Waals surface area contributed by atoms with Crippen LogP contribution in [0.4, 0.5) is 10.1 Å². The van der Waals surface area contributed by atoms with E-state index in [1.807, 2.05) is 0 Å². The molecular weight excluding hydrogens is 393 g/mol. The Morgan fingerprint density at radius 2 is 1.76 bits per heavy atom. The summed E-state index contributed by atoms with van der Waals surface area (Å²) in [6, 6.07) is 9.70. The van der Waals surface area contributed by atoms with Crippen LogP contribution in [-0.4, -0.2) is 57.4 Å². The summed E-state index contributed by atoms with van der Waals surface area (Å²) >= 11 is 0. The Morgan fingerprint density at radius 1 is 1.14 bits per heavy atom. The quantitative estimate of drug-likeness (QED) is 0.809. The van der Waals surface area contributed by atoms with Gasteiger partial charge in [-0.3, -0.25) is 9.52 Å². The molecule has 1 amide bonds. The molecule has 6 nitrogen and oxygen atoms in total. The Balaban J connectivity index is 1.83. The van der Waals surface area contributed by atoms with Gasteiger partial charge < -0.3 is 9.80 Å². The number of aryl methyl sites for hydroxylation is 1. The predicted octanol–water partition coefficient (Wildman–Crippen LogP) is 3.10. The number of halogens is 1. The monoisotopic (exact) mass is 419 g/mol. The first-order chi connectivity index (χ1) is 13.7. The number of piperidine rings is 1. The van der Waals surface area contributed by atoms with Crippen molar-refractivity contribution < 1.29 is 17.6 Å². The number of hydrogen-bond donors (Lipinski definition) is 1. The zero-order chi connectivity index (χ0) is 21.2. The molecule has 1 N–H and O–H groups in total. The lowest BCUT2D eigenvalue weighted by Gasteiger charge is -2.35. The van der Waals surface area contributed by atoms with E-state index >= 15 is 0 Å². The fraction of sp³-hybridized carbons (Fsp3) is 0.381. The van der Waals surface area contributed by atoms with Gasteiger partial charge in [-0.2, -0.15) is 0 Å². The molecule has 0 atom stereocenters. The maximum atomic E-state index is 13.1. The maximum Gasteiger partial charge on any atom is 0.261 e. The van der Waals surface area contributed by atoms with E-state index in [4.69, 9.17) is 0 Å². The molecule has 0 saturated carbocycles. The van der Waals surface area contributed by atoms with Crippen LogP contribution in [0.1, 0.15) is 28.8 Å². The topological polar surface area (TPSA) is 69.7 Å². The Hall–Kier alpha value is -2.45. The summed E-state index contributed by atoms with van der Waals surface area (Å²) in [5.41, 5.74) is 1.34. The van der Waals surface area contributed by atoms with Crippen LogP contribution in [0.25, 0.3) is 0 Å². The van der Waals surface area contributed by atoms with E-state index in [1.54, 1.807) is 24.9 Å². The number of carbonyl (C=O) groups is 1. The lowest BCUT2D eigenvalue weighted by Crippen LogP contribution is -2.44. The minimum Gasteiger partial charge on any atom is -0.339 e. The molecule has 0 radical (unpaired) electrons. The SMILES string of the molecule is Cc1ccc(S(=O)(=O)Nc2ccc(F)cc2)cc1C(=O)N(C)C1CCN(C)CC1. The van der Waals surface area contributed by atoms with Crippen LogP contribution in [0.5, 0.6) is 0 Å². The number of rotatable bonds is 5. The lowest BCUT2D eigenvalue weighted by atomic mass is 10.0. The normalized spacial score (nSPS) is 15.9. The van der Waals surface area contributed by atoms with Gasteiger partial charge in [-0.25, -0.2) is 12.8 Å². The van der Waals surface area contributed by atoms with E-state index in [0.29, 0.717) is 5.56 Å². The van der Waals surface area contributed by atoms with Gasteiger partial charge in [0, 0.05) is 24.3 Å². The third-order valence-electron chi connectivity index (χ3n) is 5.40. The average Bonchev–Trinajstić information content (AvgIpc) is 2.69. The predicted molar refractivity (Wildman–Crippen MR) is 111 cm³/mol. The van der Waals surface area contributed by atoms with Gasteiger partial charge in [0.05, 0.1) is 4.90 Å². The second-order valence-corrected chi connectivity index (χ2v) is 9.22. The fourth-order valence-electron chi connectivity index (χ4n) is 3.47. The van der Waals surface area contributed by atoms with Crippen molar-refractivity contribution in [3.05, 3.63) is 59.4 Å². The van der Waals surface area contributed by atoms with Gasteiger partial charge in [-0.15, -0.1) is 0 Å². The molecule has 0 aliphatic carbocycles. The summed E-state index contributed by atoms with van der Waals surface area (Å²) < 4.78 is 41.0. The van der Waals surface area contributed by atoms with Gasteiger partial charge >= 0.3 is 0 Å². The number of carbonyl (C=O) groups excluding carboxylic acids is 1. The third-order valence-corrected chi connectivity index (χ3v) is 6.78. The molecule has 1 aliphatic heterocycles. The number of likely N-dealkylation sites (tertiary alicyclic amines) is 1. The van der Waals surface area contributed by atoms with Crippen LogP contribution >= 0.6 is 0 Å². The van der Waals surface area contributed by atoms with Crippen LogP contribution in [-0.2, 0) is 10.0 Å². The Labute approximate surface area is 171 Å². The van der Waals surface area contributed by atoms with Crippen molar-refractivity contribution in [2.24, 2.45) is 0 Å². The summed E-state index contributed by atoms with van der Waals surface area (Å²) in [4.78, 5) is 17.0. The maximum absolute atomic E-state index is 13.1. The first-order valence-corrected chi connectivity index (χ1v) is 11.0. The first kappa shape index (κ1) is 21.3. The van der Waals surface area contributed by atoms with Crippen LogP contribution < -0.4 is 4.72 Å². The molecule has 1 heterocycles.